The van der Waals surface area contributed by atoms with Gasteiger partial charge in [-0.3, -0.25) is 0 Å². The molecule has 0 fully saturated rings. The number of carbonyl (C=O) groups is 1. The minimum atomic E-state index is -0.418. The highest BCUT2D eigenvalue weighted by molar-refractivity contribution is 6.11. The maximum Gasteiger partial charge on any atom is 0.357 e. The summed E-state index contributed by atoms with van der Waals surface area (Å²) in [6, 6.07) is 6.18. The molecule has 0 saturated heterocycles. The van der Waals surface area contributed by atoms with Gasteiger partial charge in [-0.15, -0.1) is 0 Å². The lowest BCUT2D eigenvalue weighted by atomic mass is 10.0. The molecule has 1 aromatic carbocycles. The standard InChI is InChI=1S/C17H18N2O3/c1-4-22-17(20)16-12(9-21-3)15-11-7-10(2)5-6-13(11)19-14(15)8-18-16/h5-8,19H,4,9H2,1-3H3. The van der Waals surface area contributed by atoms with Gasteiger partial charge in [0, 0.05) is 29.0 Å². The van der Waals surface area contributed by atoms with E-state index >= 15 is 0 Å². The van der Waals surface area contributed by atoms with Crippen LogP contribution in [0, 0.1) is 6.92 Å². The molecule has 0 saturated carbocycles. The van der Waals surface area contributed by atoms with Crippen LogP contribution >= 0.6 is 0 Å². The lowest BCUT2D eigenvalue weighted by molar-refractivity contribution is 0.0514. The second-order valence-corrected chi connectivity index (χ2v) is 5.20. The molecular weight excluding hydrogens is 280 g/mol. The van der Waals surface area contributed by atoms with Crippen LogP contribution in [-0.4, -0.2) is 29.7 Å². The molecule has 0 bridgehead atoms. The number of benzene rings is 1. The van der Waals surface area contributed by atoms with E-state index in [2.05, 4.69) is 16.0 Å². The second-order valence-electron chi connectivity index (χ2n) is 5.20. The Balaban J connectivity index is 2.34. The molecule has 3 aromatic rings. The minimum absolute atomic E-state index is 0.305. The Bertz CT molecular complexity index is 852. The van der Waals surface area contributed by atoms with Gasteiger partial charge in [0.15, 0.2) is 5.69 Å². The SMILES string of the molecule is CCOC(=O)c1ncc2[nH]c3ccc(C)cc3c2c1COC. The molecule has 22 heavy (non-hydrogen) atoms. The van der Waals surface area contributed by atoms with Crippen LogP contribution in [0.25, 0.3) is 21.8 Å². The molecule has 3 rings (SSSR count). The van der Waals surface area contributed by atoms with Gasteiger partial charge >= 0.3 is 5.97 Å². The summed E-state index contributed by atoms with van der Waals surface area (Å²) in [6.45, 7) is 4.44. The van der Waals surface area contributed by atoms with Gasteiger partial charge in [0.25, 0.3) is 0 Å². The van der Waals surface area contributed by atoms with Crippen molar-refractivity contribution in [2.24, 2.45) is 0 Å². The molecule has 0 spiro atoms. The van der Waals surface area contributed by atoms with Crippen LogP contribution < -0.4 is 0 Å². The molecule has 2 aromatic heterocycles. The Labute approximate surface area is 128 Å². The number of rotatable bonds is 4. The first kappa shape index (κ1) is 14.5. The zero-order chi connectivity index (χ0) is 15.7. The number of methoxy groups -OCH3 is 1. The monoisotopic (exact) mass is 298 g/mol. The average Bonchev–Trinajstić information content (AvgIpc) is 2.86. The number of carbonyl (C=O) groups excluding carboxylic acids is 1. The van der Waals surface area contributed by atoms with Crippen LogP contribution in [0.1, 0.15) is 28.5 Å². The molecule has 0 amide bonds. The first-order chi connectivity index (χ1) is 10.7. The van der Waals surface area contributed by atoms with Crippen LogP contribution in [0.2, 0.25) is 0 Å². The van der Waals surface area contributed by atoms with Crippen molar-refractivity contribution in [3.8, 4) is 0 Å². The number of ether oxygens (including phenoxy) is 2. The number of hydrogen-bond donors (Lipinski definition) is 1. The second kappa shape index (κ2) is 5.77. The normalized spacial score (nSPS) is 11.2. The quantitative estimate of drug-likeness (QED) is 0.750. The van der Waals surface area contributed by atoms with Crippen LogP contribution in [0.5, 0.6) is 0 Å². The summed E-state index contributed by atoms with van der Waals surface area (Å²) in [6.07, 6.45) is 1.68. The molecule has 0 unspecified atom stereocenters. The van der Waals surface area contributed by atoms with Crippen molar-refractivity contribution in [2.45, 2.75) is 20.5 Å². The minimum Gasteiger partial charge on any atom is -0.461 e. The largest absolute Gasteiger partial charge is 0.461 e. The van der Waals surface area contributed by atoms with E-state index in [0.717, 1.165) is 32.9 Å². The molecule has 0 aliphatic carbocycles. The zero-order valence-corrected chi connectivity index (χ0v) is 12.9. The van der Waals surface area contributed by atoms with E-state index in [1.807, 2.05) is 19.1 Å². The summed E-state index contributed by atoms with van der Waals surface area (Å²) in [5.74, 6) is -0.418. The highest BCUT2D eigenvalue weighted by Crippen LogP contribution is 2.30. The molecule has 5 heteroatoms. The van der Waals surface area contributed by atoms with Crippen molar-refractivity contribution in [3.63, 3.8) is 0 Å². The fraction of sp³-hybridized carbons (Fsp3) is 0.294. The van der Waals surface area contributed by atoms with Crippen LogP contribution in [0.15, 0.2) is 24.4 Å². The number of aromatic amines is 1. The fourth-order valence-electron chi connectivity index (χ4n) is 2.73. The highest BCUT2D eigenvalue weighted by atomic mass is 16.5. The molecule has 5 nitrogen and oxygen atoms in total. The van der Waals surface area contributed by atoms with E-state index in [0.29, 0.717) is 18.9 Å². The predicted molar refractivity (Wildman–Crippen MR) is 85.0 cm³/mol. The van der Waals surface area contributed by atoms with Crippen molar-refractivity contribution in [1.29, 1.82) is 0 Å². The van der Waals surface area contributed by atoms with E-state index < -0.39 is 5.97 Å². The van der Waals surface area contributed by atoms with Crippen molar-refractivity contribution in [3.05, 3.63) is 41.2 Å². The third-order valence-corrected chi connectivity index (χ3v) is 3.65. The smallest absolute Gasteiger partial charge is 0.357 e. The Morgan fingerprint density at radius 1 is 1.32 bits per heavy atom. The summed E-state index contributed by atoms with van der Waals surface area (Å²) in [5.41, 5.74) is 4.14. The molecule has 1 N–H and O–H groups in total. The molecule has 0 aliphatic heterocycles. The van der Waals surface area contributed by atoms with Crippen molar-refractivity contribution in [2.75, 3.05) is 13.7 Å². The maximum absolute atomic E-state index is 12.2. The van der Waals surface area contributed by atoms with Gasteiger partial charge in [0.05, 0.1) is 24.9 Å². The zero-order valence-electron chi connectivity index (χ0n) is 12.9. The first-order valence-electron chi connectivity index (χ1n) is 7.21. The number of fused-ring (bicyclic) bond motifs is 3. The van der Waals surface area contributed by atoms with Crippen LogP contribution in [0.4, 0.5) is 0 Å². The van der Waals surface area contributed by atoms with Gasteiger partial charge in [-0.25, -0.2) is 9.78 Å². The maximum atomic E-state index is 12.2. The van der Waals surface area contributed by atoms with Crippen LogP contribution in [0.3, 0.4) is 0 Å². The molecular formula is C17H18N2O3. The van der Waals surface area contributed by atoms with Gasteiger partial charge < -0.3 is 14.5 Å². The number of aromatic nitrogens is 2. The highest BCUT2D eigenvalue weighted by Gasteiger charge is 2.20. The lowest BCUT2D eigenvalue weighted by Crippen LogP contribution is -2.11. The van der Waals surface area contributed by atoms with Crippen molar-refractivity contribution >= 4 is 27.8 Å². The lowest BCUT2D eigenvalue weighted by Gasteiger charge is -2.09. The van der Waals surface area contributed by atoms with Gasteiger partial charge in [0.2, 0.25) is 0 Å². The summed E-state index contributed by atoms with van der Waals surface area (Å²) < 4.78 is 10.4. The summed E-state index contributed by atoms with van der Waals surface area (Å²) in [7, 11) is 1.61. The molecule has 0 aliphatic rings. The topological polar surface area (TPSA) is 64.2 Å². The fourth-order valence-corrected chi connectivity index (χ4v) is 2.73. The van der Waals surface area contributed by atoms with E-state index in [9.17, 15) is 4.79 Å². The first-order valence-corrected chi connectivity index (χ1v) is 7.21. The Morgan fingerprint density at radius 2 is 2.14 bits per heavy atom. The molecule has 0 atom stereocenters. The third kappa shape index (κ3) is 2.33. The summed E-state index contributed by atoms with van der Waals surface area (Å²) in [4.78, 5) is 19.8. The molecule has 114 valence electrons. The Morgan fingerprint density at radius 3 is 2.86 bits per heavy atom. The van der Waals surface area contributed by atoms with E-state index in [4.69, 9.17) is 9.47 Å². The Kier molecular flexibility index (Phi) is 3.81. The summed E-state index contributed by atoms with van der Waals surface area (Å²) in [5, 5.41) is 2.04. The van der Waals surface area contributed by atoms with E-state index in [1.54, 1.807) is 20.2 Å². The van der Waals surface area contributed by atoms with Gasteiger partial charge in [-0.05, 0) is 26.0 Å². The average molecular weight is 298 g/mol. The number of esters is 1. The van der Waals surface area contributed by atoms with Gasteiger partial charge in [0.1, 0.15) is 0 Å². The van der Waals surface area contributed by atoms with E-state index in [-0.39, 0.29) is 0 Å². The third-order valence-electron chi connectivity index (χ3n) is 3.65. The molecule has 2 heterocycles. The number of hydrogen-bond acceptors (Lipinski definition) is 4. The van der Waals surface area contributed by atoms with Crippen molar-refractivity contribution < 1.29 is 14.3 Å². The molecule has 0 radical (unpaired) electrons. The number of aryl methyl sites for hydroxylation is 1. The van der Waals surface area contributed by atoms with Gasteiger partial charge in [-0.2, -0.15) is 0 Å². The van der Waals surface area contributed by atoms with Crippen LogP contribution in [-0.2, 0) is 16.1 Å². The predicted octanol–water partition coefficient (Wildman–Crippen LogP) is 3.35. The number of H-pyrrole nitrogens is 1. The summed E-state index contributed by atoms with van der Waals surface area (Å²) >= 11 is 0. The Hall–Kier alpha value is -2.40. The number of pyridine rings is 1. The van der Waals surface area contributed by atoms with E-state index in [1.165, 1.54) is 0 Å². The van der Waals surface area contributed by atoms with Crippen molar-refractivity contribution in [1.82, 2.24) is 9.97 Å². The number of nitrogens with one attached hydrogen (secondary N) is 1. The number of nitrogens with zero attached hydrogens (tertiary/aromatic N) is 1. The van der Waals surface area contributed by atoms with Gasteiger partial charge in [-0.1, -0.05) is 11.6 Å².